The Morgan fingerprint density at radius 2 is 2.05 bits per heavy atom. The van der Waals surface area contributed by atoms with E-state index in [1.54, 1.807) is 0 Å². The van der Waals surface area contributed by atoms with Crippen LogP contribution in [0.25, 0.3) is 0 Å². The van der Waals surface area contributed by atoms with E-state index in [4.69, 9.17) is 10.5 Å². The number of amides is 1. The Morgan fingerprint density at radius 3 is 2.60 bits per heavy atom. The molecule has 0 saturated carbocycles. The Labute approximate surface area is 120 Å². The highest BCUT2D eigenvalue weighted by molar-refractivity contribution is 5.88. The lowest BCUT2D eigenvalue weighted by Gasteiger charge is -2.45. The molecule has 20 heavy (non-hydrogen) atoms. The van der Waals surface area contributed by atoms with E-state index in [0.29, 0.717) is 19.4 Å². The van der Waals surface area contributed by atoms with Gasteiger partial charge >= 0.3 is 0 Å². The zero-order valence-electron chi connectivity index (χ0n) is 12.5. The molecule has 1 amide bonds. The summed E-state index contributed by atoms with van der Waals surface area (Å²) in [5, 5.41) is 3.36. The van der Waals surface area contributed by atoms with Crippen LogP contribution in [0.1, 0.15) is 38.7 Å². The summed E-state index contributed by atoms with van der Waals surface area (Å²) in [7, 11) is 0. The van der Waals surface area contributed by atoms with Gasteiger partial charge in [0.1, 0.15) is 5.54 Å². The predicted octanol–water partition coefficient (Wildman–Crippen LogP) is 2.61. The van der Waals surface area contributed by atoms with Crippen LogP contribution in [-0.4, -0.2) is 23.7 Å². The number of nitrogens with one attached hydrogen (secondary N) is 1. The standard InChI is InChI=1S/C16H24N2O2/c1-4-15(3)11-16(14(17)19,9-10-20-15)18-13-7-5-12(2)6-8-13/h5-8,18H,4,9-11H2,1-3H3,(H2,17,19). The number of aryl methyl sites for hydroxylation is 1. The van der Waals surface area contributed by atoms with Gasteiger partial charge in [-0.15, -0.1) is 0 Å². The molecule has 1 aliphatic rings. The van der Waals surface area contributed by atoms with E-state index < -0.39 is 5.54 Å². The van der Waals surface area contributed by atoms with Crippen LogP contribution in [-0.2, 0) is 9.53 Å². The molecule has 0 aromatic heterocycles. The molecule has 4 heteroatoms. The van der Waals surface area contributed by atoms with Crippen LogP contribution in [0.2, 0.25) is 0 Å². The lowest BCUT2D eigenvalue weighted by Crippen LogP contribution is -2.59. The van der Waals surface area contributed by atoms with Gasteiger partial charge in [0.25, 0.3) is 0 Å². The first kappa shape index (κ1) is 14.9. The molecule has 4 nitrogen and oxygen atoms in total. The van der Waals surface area contributed by atoms with Crippen LogP contribution in [0, 0.1) is 6.92 Å². The second kappa shape index (κ2) is 5.44. The fourth-order valence-corrected chi connectivity index (χ4v) is 2.77. The van der Waals surface area contributed by atoms with Gasteiger partial charge in [0.05, 0.1) is 12.2 Å². The van der Waals surface area contributed by atoms with Crippen LogP contribution >= 0.6 is 0 Å². The van der Waals surface area contributed by atoms with Gasteiger partial charge in [0, 0.05) is 18.5 Å². The molecule has 1 aromatic rings. The number of carbonyl (C=O) groups is 1. The maximum Gasteiger partial charge on any atom is 0.243 e. The number of rotatable bonds is 4. The Balaban J connectivity index is 2.26. The van der Waals surface area contributed by atoms with Gasteiger partial charge in [-0.2, -0.15) is 0 Å². The zero-order valence-corrected chi connectivity index (χ0v) is 12.5. The third-order valence-corrected chi connectivity index (χ3v) is 4.31. The Kier molecular flexibility index (Phi) is 4.04. The third kappa shape index (κ3) is 2.96. The predicted molar refractivity (Wildman–Crippen MR) is 80.6 cm³/mol. The van der Waals surface area contributed by atoms with Crippen molar-refractivity contribution in [3.63, 3.8) is 0 Å². The van der Waals surface area contributed by atoms with Crippen molar-refractivity contribution < 1.29 is 9.53 Å². The molecule has 110 valence electrons. The SMILES string of the molecule is CCC1(C)CC(Nc2ccc(C)cc2)(C(N)=O)CCO1. The van der Waals surface area contributed by atoms with Crippen LogP contribution in [0.5, 0.6) is 0 Å². The largest absolute Gasteiger partial charge is 0.375 e. The molecule has 1 heterocycles. The first-order chi connectivity index (χ1) is 9.39. The zero-order chi connectivity index (χ0) is 14.8. The highest BCUT2D eigenvalue weighted by Crippen LogP contribution is 2.36. The summed E-state index contributed by atoms with van der Waals surface area (Å²) in [6, 6.07) is 8.02. The minimum atomic E-state index is -0.724. The first-order valence-electron chi connectivity index (χ1n) is 7.18. The molecule has 0 spiro atoms. The summed E-state index contributed by atoms with van der Waals surface area (Å²) in [6.45, 7) is 6.70. The van der Waals surface area contributed by atoms with Crippen LogP contribution in [0.15, 0.2) is 24.3 Å². The number of nitrogens with two attached hydrogens (primary N) is 1. The lowest BCUT2D eigenvalue weighted by atomic mass is 9.78. The van der Waals surface area contributed by atoms with Gasteiger partial charge < -0.3 is 15.8 Å². The number of carbonyl (C=O) groups excluding carboxylic acids is 1. The minimum absolute atomic E-state index is 0.301. The van der Waals surface area contributed by atoms with Crippen LogP contribution < -0.4 is 11.1 Å². The molecule has 2 rings (SSSR count). The molecule has 0 bridgehead atoms. The van der Waals surface area contributed by atoms with E-state index in [2.05, 4.69) is 12.2 Å². The molecule has 2 atom stereocenters. The van der Waals surface area contributed by atoms with Gasteiger partial charge in [-0.1, -0.05) is 24.6 Å². The highest BCUT2D eigenvalue weighted by atomic mass is 16.5. The lowest BCUT2D eigenvalue weighted by molar-refractivity contribution is -0.135. The van der Waals surface area contributed by atoms with Gasteiger partial charge in [-0.05, 0) is 32.4 Å². The first-order valence-corrected chi connectivity index (χ1v) is 7.18. The average Bonchev–Trinajstić information content (AvgIpc) is 2.41. The Bertz CT molecular complexity index is 486. The molecule has 0 aliphatic carbocycles. The van der Waals surface area contributed by atoms with Gasteiger partial charge in [0.2, 0.25) is 5.91 Å². The molecule has 1 aliphatic heterocycles. The third-order valence-electron chi connectivity index (χ3n) is 4.31. The number of benzene rings is 1. The molecule has 0 radical (unpaired) electrons. The highest BCUT2D eigenvalue weighted by Gasteiger charge is 2.46. The number of hydrogen-bond donors (Lipinski definition) is 2. The molecule has 1 saturated heterocycles. The van der Waals surface area contributed by atoms with Crippen molar-refractivity contribution in [1.82, 2.24) is 0 Å². The normalized spacial score (nSPS) is 29.9. The number of anilines is 1. The van der Waals surface area contributed by atoms with Crippen molar-refractivity contribution in [3.8, 4) is 0 Å². The average molecular weight is 276 g/mol. The molecular weight excluding hydrogens is 252 g/mol. The van der Waals surface area contributed by atoms with E-state index in [0.717, 1.165) is 12.1 Å². The van der Waals surface area contributed by atoms with Crippen molar-refractivity contribution in [2.24, 2.45) is 5.73 Å². The topological polar surface area (TPSA) is 64.3 Å². The number of primary amides is 1. The summed E-state index contributed by atoms with van der Waals surface area (Å²) in [5.41, 5.74) is 6.79. The van der Waals surface area contributed by atoms with E-state index >= 15 is 0 Å². The van der Waals surface area contributed by atoms with Crippen LogP contribution in [0.3, 0.4) is 0 Å². The minimum Gasteiger partial charge on any atom is -0.375 e. The Morgan fingerprint density at radius 1 is 1.40 bits per heavy atom. The quantitative estimate of drug-likeness (QED) is 0.888. The van der Waals surface area contributed by atoms with Crippen LogP contribution in [0.4, 0.5) is 5.69 Å². The van der Waals surface area contributed by atoms with Gasteiger partial charge in [-0.3, -0.25) is 4.79 Å². The summed E-state index contributed by atoms with van der Waals surface area (Å²) < 4.78 is 5.83. The van der Waals surface area contributed by atoms with Crippen molar-refractivity contribution in [3.05, 3.63) is 29.8 Å². The molecule has 2 unspecified atom stereocenters. The van der Waals surface area contributed by atoms with E-state index in [-0.39, 0.29) is 11.5 Å². The number of ether oxygens (including phenoxy) is 1. The fraction of sp³-hybridized carbons (Fsp3) is 0.562. The summed E-state index contributed by atoms with van der Waals surface area (Å²) in [4.78, 5) is 12.1. The van der Waals surface area contributed by atoms with E-state index in [9.17, 15) is 4.79 Å². The molecule has 1 aromatic carbocycles. The molecule has 3 N–H and O–H groups in total. The summed E-state index contributed by atoms with van der Waals surface area (Å²) >= 11 is 0. The summed E-state index contributed by atoms with van der Waals surface area (Å²) in [5.74, 6) is -0.305. The Hall–Kier alpha value is -1.55. The van der Waals surface area contributed by atoms with Crippen molar-refractivity contribution >= 4 is 11.6 Å². The molecule has 1 fully saturated rings. The summed E-state index contributed by atoms with van der Waals surface area (Å²) in [6.07, 6.45) is 2.06. The smallest absolute Gasteiger partial charge is 0.243 e. The van der Waals surface area contributed by atoms with Gasteiger partial charge in [0.15, 0.2) is 0 Å². The van der Waals surface area contributed by atoms with Crippen molar-refractivity contribution in [1.29, 1.82) is 0 Å². The van der Waals surface area contributed by atoms with E-state index in [1.807, 2.05) is 38.1 Å². The number of hydrogen-bond acceptors (Lipinski definition) is 3. The second-order valence-electron chi connectivity index (χ2n) is 6.02. The molecular formula is C16H24N2O2. The van der Waals surface area contributed by atoms with E-state index in [1.165, 1.54) is 5.56 Å². The monoisotopic (exact) mass is 276 g/mol. The maximum absolute atomic E-state index is 12.1. The maximum atomic E-state index is 12.1. The van der Waals surface area contributed by atoms with Gasteiger partial charge in [-0.25, -0.2) is 0 Å². The second-order valence-corrected chi connectivity index (χ2v) is 6.02. The fourth-order valence-electron chi connectivity index (χ4n) is 2.77. The van der Waals surface area contributed by atoms with Crippen molar-refractivity contribution in [2.75, 3.05) is 11.9 Å². The van der Waals surface area contributed by atoms with Crippen molar-refractivity contribution in [2.45, 2.75) is 51.2 Å².